The Balaban J connectivity index is 2.28. The van der Waals surface area contributed by atoms with E-state index in [9.17, 15) is 4.79 Å². The van der Waals surface area contributed by atoms with Crippen LogP contribution in [0, 0.1) is 12.3 Å². The number of amides is 1. The number of carbonyl (C=O) groups is 1. The zero-order valence-electron chi connectivity index (χ0n) is 5.68. The molecule has 1 amide bonds. The van der Waals surface area contributed by atoms with Gasteiger partial charge in [-0.2, -0.15) is 0 Å². The molecule has 10 heavy (non-hydrogen) atoms. The molecule has 1 atom stereocenters. The topological polar surface area (TPSA) is 41.1 Å². The Morgan fingerprint density at radius 2 is 2.70 bits per heavy atom. The van der Waals surface area contributed by atoms with Crippen LogP contribution in [-0.2, 0) is 4.79 Å². The molecule has 0 aromatic heterocycles. The van der Waals surface area contributed by atoms with Crippen molar-refractivity contribution >= 4 is 5.91 Å². The molecule has 0 aromatic carbocycles. The van der Waals surface area contributed by atoms with E-state index in [1.807, 2.05) is 0 Å². The Morgan fingerprint density at radius 3 is 3.20 bits per heavy atom. The number of carbonyl (C=O) groups excluding carboxylic acids is 1. The van der Waals surface area contributed by atoms with Gasteiger partial charge in [0.15, 0.2) is 0 Å². The van der Waals surface area contributed by atoms with Crippen molar-refractivity contribution in [1.29, 1.82) is 0 Å². The monoisotopic (exact) mass is 138 g/mol. The molecule has 54 valence electrons. The summed E-state index contributed by atoms with van der Waals surface area (Å²) in [7, 11) is 0. The highest BCUT2D eigenvalue weighted by atomic mass is 16.2. The van der Waals surface area contributed by atoms with Gasteiger partial charge in [0.05, 0.1) is 12.6 Å². The van der Waals surface area contributed by atoms with Crippen molar-refractivity contribution in [3.05, 3.63) is 0 Å². The average molecular weight is 138 g/mol. The molecule has 1 heterocycles. The first-order valence-electron chi connectivity index (χ1n) is 3.29. The highest BCUT2D eigenvalue weighted by Crippen LogP contribution is 1.97. The van der Waals surface area contributed by atoms with Gasteiger partial charge in [-0.1, -0.05) is 5.92 Å². The predicted molar refractivity (Wildman–Crippen MR) is 38.3 cm³/mol. The average Bonchev–Trinajstić information content (AvgIpc) is 2.31. The van der Waals surface area contributed by atoms with E-state index in [-0.39, 0.29) is 11.9 Å². The van der Waals surface area contributed by atoms with E-state index in [0.717, 1.165) is 13.0 Å². The zero-order chi connectivity index (χ0) is 7.40. The van der Waals surface area contributed by atoms with Gasteiger partial charge in [-0.15, -0.1) is 6.42 Å². The smallest absolute Gasteiger partial charge is 0.237 e. The van der Waals surface area contributed by atoms with E-state index in [1.165, 1.54) is 0 Å². The molecule has 1 aliphatic rings. The van der Waals surface area contributed by atoms with Crippen molar-refractivity contribution < 1.29 is 4.79 Å². The fourth-order valence-corrected chi connectivity index (χ4v) is 0.971. The Bertz CT molecular complexity index is 171. The van der Waals surface area contributed by atoms with Gasteiger partial charge in [0.2, 0.25) is 5.91 Å². The molecule has 1 rings (SSSR count). The standard InChI is InChI=1S/C7H10N2O/c1-2-4-8-6-3-5-9-7(6)10/h1,6,8H,3-5H2,(H,9,10). The minimum Gasteiger partial charge on any atom is -0.355 e. The molecule has 1 saturated heterocycles. The van der Waals surface area contributed by atoms with Crippen LogP contribution >= 0.6 is 0 Å². The molecule has 1 fully saturated rings. The predicted octanol–water partition coefficient (Wildman–Crippen LogP) is -0.902. The first kappa shape index (κ1) is 7.10. The van der Waals surface area contributed by atoms with Gasteiger partial charge in [0.25, 0.3) is 0 Å². The molecule has 1 unspecified atom stereocenters. The zero-order valence-corrected chi connectivity index (χ0v) is 5.68. The molecular weight excluding hydrogens is 128 g/mol. The van der Waals surface area contributed by atoms with Gasteiger partial charge >= 0.3 is 0 Å². The van der Waals surface area contributed by atoms with E-state index in [4.69, 9.17) is 6.42 Å². The van der Waals surface area contributed by atoms with Crippen LogP contribution in [0.5, 0.6) is 0 Å². The molecule has 3 nitrogen and oxygen atoms in total. The van der Waals surface area contributed by atoms with Crippen LogP contribution in [0.1, 0.15) is 6.42 Å². The molecule has 1 aliphatic heterocycles. The normalized spacial score (nSPS) is 23.9. The minimum atomic E-state index is -0.0592. The summed E-state index contributed by atoms with van der Waals surface area (Å²) < 4.78 is 0. The van der Waals surface area contributed by atoms with Crippen LogP contribution in [0.4, 0.5) is 0 Å². The van der Waals surface area contributed by atoms with E-state index >= 15 is 0 Å². The molecular formula is C7H10N2O. The maximum Gasteiger partial charge on any atom is 0.237 e. The lowest BCUT2D eigenvalue weighted by Crippen LogP contribution is -2.36. The lowest BCUT2D eigenvalue weighted by molar-refractivity contribution is -0.120. The van der Waals surface area contributed by atoms with Crippen molar-refractivity contribution in [1.82, 2.24) is 10.6 Å². The first-order chi connectivity index (χ1) is 4.84. The second kappa shape index (κ2) is 3.23. The Morgan fingerprint density at radius 1 is 1.90 bits per heavy atom. The highest BCUT2D eigenvalue weighted by molar-refractivity contribution is 5.83. The van der Waals surface area contributed by atoms with Gasteiger partial charge in [0.1, 0.15) is 0 Å². The number of hydrogen-bond acceptors (Lipinski definition) is 2. The SMILES string of the molecule is C#CCNC1CCNC1=O. The molecule has 0 aromatic rings. The third kappa shape index (κ3) is 1.49. The molecule has 0 bridgehead atoms. The van der Waals surface area contributed by atoms with Crippen molar-refractivity contribution in [3.63, 3.8) is 0 Å². The molecule has 0 spiro atoms. The van der Waals surface area contributed by atoms with Gasteiger partial charge in [-0.05, 0) is 6.42 Å². The fourth-order valence-electron chi connectivity index (χ4n) is 0.971. The minimum absolute atomic E-state index is 0.0592. The lowest BCUT2D eigenvalue weighted by Gasteiger charge is -2.04. The van der Waals surface area contributed by atoms with Gasteiger partial charge in [-0.25, -0.2) is 0 Å². The van der Waals surface area contributed by atoms with Gasteiger partial charge in [-0.3, -0.25) is 10.1 Å². The van der Waals surface area contributed by atoms with Crippen LogP contribution in [0.15, 0.2) is 0 Å². The van der Waals surface area contributed by atoms with Crippen molar-refractivity contribution in [2.24, 2.45) is 0 Å². The van der Waals surface area contributed by atoms with Crippen molar-refractivity contribution in [2.75, 3.05) is 13.1 Å². The molecule has 0 radical (unpaired) electrons. The molecule has 3 heteroatoms. The lowest BCUT2D eigenvalue weighted by atomic mass is 10.2. The van der Waals surface area contributed by atoms with Crippen LogP contribution in [0.25, 0.3) is 0 Å². The quantitative estimate of drug-likeness (QED) is 0.485. The number of hydrogen-bond donors (Lipinski definition) is 2. The first-order valence-corrected chi connectivity index (χ1v) is 3.29. The summed E-state index contributed by atoms with van der Waals surface area (Å²) in [5.41, 5.74) is 0. The Kier molecular flexibility index (Phi) is 2.30. The van der Waals surface area contributed by atoms with E-state index in [1.54, 1.807) is 0 Å². The van der Waals surface area contributed by atoms with Crippen LogP contribution in [-0.4, -0.2) is 25.0 Å². The van der Waals surface area contributed by atoms with Crippen LogP contribution in [0.3, 0.4) is 0 Å². The molecule has 2 N–H and O–H groups in total. The summed E-state index contributed by atoms with van der Waals surface area (Å²) in [6, 6.07) is -0.0592. The van der Waals surface area contributed by atoms with Gasteiger partial charge in [0, 0.05) is 6.54 Å². The third-order valence-electron chi connectivity index (χ3n) is 1.50. The van der Waals surface area contributed by atoms with E-state index < -0.39 is 0 Å². The second-order valence-electron chi connectivity index (χ2n) is 2.22. The van der Waals surface area contributed by atoms with Crippen LogP contribution in [0.2, 0.25) is 0 Å². The Labute approximate surface area is 60.2 Å². The second-order valence-corrected chi connectivity index (χ2v) is 2.22. The third-order valence-corrected chi connectivity index (χ3v) is 1.50. The summed E-state index contributed by atoms with van der Waals surface area (Å²) >= 11 is 0. The van der Waals surface area contributed by atoms with Crippen LogP contribution < -0.4 is 10.6 Å². The summed E-state index contributed by atoms with van der Waals surface area (Å²) in [5, 5.41) is 5.64. The summed E-state index contributed by atoms with van der Waals surface area (Å²) in [4.78, 5) is 10.8. The van der Waals surface area contributed by atoms with E-state index in [0.29, 0.717) is 6.54 Å². The summed E-state index contributed by atoms with van der Waals surface area (Å²) in [6.07, 6.45) is 5.86. The van der Waals surface area contributed by atoms with Crippen molar-refractivity contribution in [2.45, 2.75) is 12.5 Å². The molecule has 0 saturated carbocycles. The number of terminal acetylenes is 1. The number of rotatable bonds is 2. The Hall–Kier alpha value is -1.01. The highest BCUT2D eigenvalue weighted by Gasteiger charge is 2.22. The largest absolute Gasteiger partial charge is 0.355 e. The number of nitrogens with one attached hydrogen (secondary N) is 2. The molecule has 0 aliphatic carbocycles. The van der Waals surface area contributed by atoms with Gasteiger partial charge < -0.3 is 5.32 Å². The van der Waals surface area contributed by atoms with E-state index in [2.05, 4.69) is 16.6 Å². The fraction of sp³-hybridized carbons (Fsp3) is 0.571. The maximum absolute atomic E-state index is 10.8. The summed E-state index contributed by atoms with van der Waals surface area (Å²) in [5.74, 6) is 2.49. The van der Waals surface area contributed by atoms with Crippen molar-refractivity contribution in [3.8, 4) is 12.3 Å². The summed E-state index contributed by atoms with van der Waals surface area (Å²) in [6.45, 7) is 1.24. The maximum atomic E-state index is 10.8.